The van der Waals surface area contributed by atoms with Crippen molar-refractivity contribution in [3.63, 3.8) is 0 Å². The summed E-state index contributed by atoms with van der Waals surface area (Å²) in [6, 6.07) is 6.98. The van der Waals surface area contributed by atoms with Crippen molar-refractivity contribution in [1.82, 2.24) is 9.78 Å². The van der Waals surface area contributed by atoms with E-state index in [-0.39, 0.29) is 63.2 Å². The van der Waals surface area contributed by atoms with Crippen LogP contribution in [0.15, 0.2) is 30.5 Å². The van der Waals surface area contributed by atoms with Crippen molar-refractivity contribution < 1.29 is 46.2 Å². The van der Waals surface area contributed by atoms with Crippen LogP contribution in [0.25, 0.3) is 10.7 Å². The molecule has 0 saturated heterocycles. The number of aliphatic hydroxyl groups is 1. The molecule has 1 aromatic carbocycles. The van der Waals surface area contributed by atoms with E-state index in [1.165, 1.54) is 10.9 Å². The van der Waals surface area contributed by atoms with Crippen LogP contribution in [0.5, 0.6) is 0 Å². The molecular formula is C19H24N3O3SY-. The molecule has 0 fully saturated rings. The molecule has 2 heterocycles. The molecule has 0 saturated carbocycles. The van der Waals surface area contributed by atoms with Gasteiger partial charge in [0.2, 0.25) is 0 Å². The van der Waals surface area contributed by atoms with Gasteiger partial charge in [-0.3, -0.25) is 4.68 Å². The molecule has 1 N–H and O–H groups in total. The fourth-order valence-electron chi connectivity index (χ4n) is 2.70. The van der Waals surface area contributed by atoms with Gasteiger partial charge in [-0.15, -0.1) is 6.42 Å². The molecule has 0 unspecified atom stereocenters. The SMILES string of the molecule is C#CCN1c2c(cnn2C)C(O)=C(c2ccccc2C)S1(=O)=O.CC.[CH3-].[Y]. The van der Waals surface area contributed by atoms with E-state index < -0.39 is 10.0 Å². The molecule has 6 nitrogen and oxygen atoms in total. The first-order chi connectivity index (χ1) is 11.9. The number of anilines is 1. The number of aliphatic hydroxyl groups excluding tert-OH is 1. The molecule has 0 amide bonds. The Bertz CT molecular complexity index is 972. The van der Waals surface area contributed by atoms with E-state index >= 15 is 0 Å². The van der Waals surface area contributed by atoms with Gasteiger partial charge < -0.3 is 12.5 Å². The molecule has 0 atom stereocenters. The van der Waals surface area contributed by atoms with Gasteiger partial charge in [0.1, 0.15) is 10.7 Å². The molecule has 0 aliphatic carbocycles. The molecule has 1 aromatic heterocycles. The largest absolute Gasteiger partial charge is 0.506 e. The maximum atomic E-state index is 13.1. The van der Waals surface area contributed by atoms with Crippen LogP contribution in [-0.4, -0.2) is 29.8 Å². The molecule has 1 aliphatic rings. The van der Waals surface area contributed by atoms with Crippen LogP contribution in [0, 0.1) is 26.7 Å². The maximum absolute atomic E-state index is 13.1. The van der Waals surface area contributed by atoms with Gasteiger partial charge in [0, 0.05) is 45.3 Å². The minimum absolute atomic E-state index is 0. The van der Waals surface area contributed by atoms with Crippen molar-refractivity contribution in [3.05, 3.63) is 54.6 Å². The fourth-order valence-corrected chi connectivity index (χ4v) is 4.47. The number of benzene rings is 1. The van der Waals surface area contributed by atoms with Gasteiger partial charge in [-0.1, -0.05) is 44.0 Å². The number of sulfonamides is 1. The summed E-state index contributed by atoms with van der Waals surface area (Å²) >= 11 is 0. The topological polar surface area (TPSA) is 75.4 Å². The number of aromatic nitrogens is 2. The third-order valence-electron chi connectivity index (χ3n) is 3.79. The smallest absolute Gasteiger partial charge is 0.270 e. The van der Waals surface area contributed by atoms with Crippen molar-refractivity contribution in [2.24, 2.45) is 7.05 Å². The van der Waals surface area contributed by atoms with Crippen LogP contribution in [-0.2, 0) is 49.8 Å². The van der Waals surface area contributed by atoms with Gasteiger partial charge in [0.15, 0.2) is 5.82 Å². The molecule has 2 aromatic rings. The van der Waals surface area contributed by atoms with Crippen LogP contribution in [0.4, 0.5) is 5.82 Å². The fraction of sp³-hybridized carbons (Fsp3) is 0.263. The second-order valence-electron chi connectivity index (χ2n) is 5.21. The summed E-state index contributed by atoms with van der Waals surface area (Å²) in [5.74, 6) is 2.31. The standard InChI is InChI=1S/C16H15N3O3S.C2H6.CH3.Y/c1-4-9-19-16-13(10-17-18(16)3)14(20)15(23(19,21)22)12-8-6-5-7-11(12)2;1-2;;/h1,5-8,10,20H,9H2,2-3H3;1-2H3;1H3;/q;;-1;. The number of fused-ring (bicyclic) bond motifs is 1. The normalized spacial score (nSPS) is 14.0. The van der Waals surface area contributed by atoms with Gasteiger partial charge >= 0.3 is 0 Å². The number of rotatable bonds is 2. The van der Waals surface area contributed by atoms with Crippen LogP contribution < -0.4 is 4.31 Å². The Morgan fingerprint density at radius 1 is 1.22 bits per heavy atom. The van der Waals surface area contributed by atoms with Crippen molar-refractivity contribution >= 4 is 26.5 Å². The summed E-state index contributed by atoms with van der Waals surface area (Å²) in [5.41, 5.74) is 1.53. The van der Waals surface area contributed by atoms with E-state index in [0.717, 1.165) is 9.87 Å². The average Bonchev–Trinajstić information content (AvgIpc) is 2.97. The Morgan fingerprint density at radius 3 is 2.37 bits per heavy atom. The van der Waals surface area contributed by atoms with Gasteiger partial charge in [0.05, 0.1) is 18.3 Å². The number of hydrogen-bond acceptors (Lipinski definition) is 4. The zero-order valence-electron chi connectivity index (χ0n) is 16.3. The van der Waals surface area contributed by atoms with Crippen molar-refractivity contribution in [1.29, 1.82) is 0 Å². The zero-order valence-corrected chi connectivity index (χ0v) is 19.9. The first-order valence-electron chi connectivity index (χ1n) is 7.87. The quantitative estimate of drug-likeness (QED) is 0.548. The molecule has 143 valence electrons. The first kappa shape index (κ1) is 25.4. The molecular weight excluding hydrogens is 439 g/mol. The predicted molar refractivity (Wildman–Crippen MR) is 107 cm³/mol. The maximum Gasteiger partial charge on any atom is 0.270 e. The van der Waals surface area contributed by atoms with Crippen molar-refractivity contribution in [2.75, 3.05) is 10.8 Å². The molecule has 0 bridgehead atoms. The molecule has 1 aliphatic heterocycles. The summed E-state index contributed by atoms with van der Waals surface area (Å²) in [6.45, 7) is 5.65. The zero-order chi connectivity index (χ0) is 18.8. The summed E-state index contributed by atoms with van der Waals surface area (Å²) in [5, 5.41) is 14.6. The summed E-state index contributed by atoms with van der Waals surface area (Å²) in [6.07, 6.45) is 6.77. The summed E-state index contributed by atoms with van der Waals surface area (Å²) in [4.78, 5) is -0.147. The van der Waals surface area contributed by atoms with E-state index in [2.05, 4.69) is 11.0 Å². The summed E-state index contributed by atoms with van der Waals surface area (Å²) < 4.78 is 28.6. The van der Waals surface area contributed by atoms with Crippen LogP contribution in [0.2, 0.25) is 0 Å². The van der Waals surface area contributed by atoms with Gasteiger partial charge in [-0.25, -0.2) is 12.7 Å². The second kappa shape index (κ2) is 10.1. The minimum Gasteiger partial charge on any atom is -0.506 e. The van der Waals surface area contributed by atoms with Gasteiger partial charge in [-0.2, -0.15) is 5.10 Å². The molecule has 8 heteroatoms. The van der Waals surface area contributed by atoms with Gasteiger partial charge in [-0.05, 0) is 12.5 Å². The number of nitrogens with zero attached hydrogens (tertiary/aromatic N) is 3. The third-order valence-corrected chi connectivity index (χ3v) is 5.60. The Labute approximate surface area is 187 Å². The monoisotopic (exact) mass is 463 g/mol. The Hall–Kier alpha value is -1.62. The first-order valence-corrected chi connectivity index (χ1v) is 9.31. The Morgan fingerprint density at radius 2 is 1.81 bits per heavy atom. The summed E-state index contributed by atoms with van der Waals surface area (Å²) in [7, 11) is -2.40. The minimum atomic E-state index is -4.00. The number of terminal acetylenes is 1. The van der Waals surface area contributed by atoms with E-state index in [4.69, 9.17) is 6.42 Å². The van der Waals surface area contributed by atoms with Gasteiger partial charge in [0.25, 0.3) is 10.0 Å². The number of aryl methyl sites for hydroxylation is 2. The van der Waals surface area contributed by atoms with E-state index in [1.807, 2.05) is 13.8 Å². The third kappa shape index (κ3) is 4.29. The van der Waals surface area contributed by atoms with Crippen LogP contribution >= 0.6 is 0 Å². The average molecular weight is 463 g/mol. The molecule has 3 rings (SSSR count). The molecule has 1 radical (unpaired) electrons. The van der Waals surface area contributed by atoms with Crippen molar-refractivity contribution in [3.8, 4) is 12.3 Å². The molecule has 27 heavy (non-hydrogen) atoms. The van der Waals surface area contributed by atoms with E-state index in [0.29, 0.717) is 11.1 Å². The van der Waals surface area contributed by atoms with Crippen molar-refractivity contribution in [2.45, 2.75) is 20.8 Å². The van der Waals surface area contributed by atoms with E-state index in [1.54, 1.807) is 38.2 Å². The number of hydrogen-bond donors (Lipinski definition) is 1. The molecule has 0 spiro atoms. The Kier molecular flexibility index (Phi) is 9.47. The van der Waals surface area contributed by atoms with E-state index in [9.17, 15) is 13.5 Å². The predicted octanol–water partition coefficient (Wildman–Crippen LogP) is 3.37. The second-order valence-corrected chi connectivity index (χ2v) is 7.01. The van der Waals surface area contributed by atoms with Crippen LogP contribution in [0.1, 0.15) is 30.5 Å². The Balaban J connectivity index is 0.00000164. The van der Waals surface area contributed by atoms with Crippen LogP contribution in [0.3, 0.4) is 0 Å².